The lowest BCUT2D eigenvalue weighted by molar-refractivity contribution is 0.0948. The molecule has 7 nitrogen and oxygen atoms in total. The van der Waals surface area contributed by atoms with Gasteiger partial charge in [0.15, 0.2) is 0 Å². The lowest BCUT2D eigenvalue weighted by Crippen LogP contribution is -2.23. The highest BCUT2D eigenvalue weighted by atomic mass is 32.1. The fraction of sp³-hybridized carbons (Fsp3) is 0.176. The summed E-state index contributed by atoms with van der Waals surface area (Å²) in [5.41, 5.74) is 0.235. The second kappa shape index (κ2) is 7.82. The summed E-state index contributed by atoms with van der Waals surface area (Å²) >= 11 is 1.45. The van der Waals surface area contributed by atoms with E-state index in [0.717, 1.165) is 9.75 Å². The van der Waals surface area contributed by atoms with E-state index in [1.54, 1.807) is 25.3 Å². The van der Waals surface area contributed by atoms with Gasteiger partial charge in [0.05, 0.1) is 18.8 Å². The predicted octanol–water partition coefficient (Wildman–Crippen LogP) is 2.71. The number of hydrogen-bond acceptors (Lipinski definition) is 7. The molecule has 0 aliphatic rings. The molecule has 0 radical (unpaired) electrons. The van der Waals surface area contributed by atoms with Crippen molar-refractivity contribution in [1.29, 1.82) is 0 Å². The smallest absolute Gasteiger partial charge is 0.258 e. The monoisotopic (exact) mass is 356 g/mol. The van der Waals surface area contributed by atoms with Crippen LogP contribution < -0.4 is 10.1 Å². The Balaban J connectivity index is 1.69. The summed E-state index contributed by atoms with van der Waals surface area (Å²) < 4.78 is 5.61. The average molecular weight is 356 g/mol. The van der Waals surface area contributed by atoms with Gasteiger partial charge in [0.25, 0.3) is 5.91 Å². The highest BCUT2D eigenvalue weighted by Crippen LogP contribution is 2.24. The number of hydrogen-bond donors (Lipinski definition) is 2. The van der Waals surface area contributed by atoms with E-state index in [-0.39, 0.29) is 17.4 Å². The number of carbonyl (C=O) groups excluding carboxylic acids is 1. The first kappa shape index (κ1) is 17.0. The van der Waals surface area contributed by atoms with Crippen molar-refractivity contribution >= 4 is 17.2 Å². The molecule has 1 unspecified atom stereocenters. The molecule has 0 spiro atoms. The molecule has 128 valence electrons. The molecule has 1 atom stereocenters. The molecule has 0 aliphatic heterocycles. The number of nitrogens with zero attached hydrogens (tertiary/aromatic N) is 3. The minimum absolute atomic E-state index is 0.163. The maximum Gasteiger partial charge on any atom is 0.258 e. The number of amides is 1. The molecule has 0 bridgehead atoms. The van der Waals surface area contributed by atoms with E-state index in [1.165, 1.54) is 30.1 Å². The van der Waals surface area contributed by atoms with Gasteiger partial charge in [-0.05, 0) is 31.2 Å². The first-order chi connectivity index (χ1) is 12.1. The third-order valence-electron chi connectivity index (χ3n) is 3.29. The molecule has 3 heterocycles. The van der Waals surface area contributed by atoms with Gasteiger partial charge < -0.3 is 15.2 Å². The number of carbonyl (C=O) groups is 1. The van der Waals surface area contributed by atoms with Gasteiger partial charge in [-0.1, -0.05) is 0 Å². The number of ether oxygens (including phenoxy) is 1. The second-order valence-electron chi connectivity index (χ2n) is 5.20. The number of rotatable bonds is 6. The van der Waals surface area contributed by atoms with E-state index < -0.39 is 6.10 Å². The third kappa shape index (κ3) is 4.37. The topological polar surface area (TPSA) is 97.2 Å². The Morgan fingerprint density at radius 3 is 2.92 bits per heavy atom. The fourth-order valence-corrected chi connectivity index (χ4v) is 2.94. The Morgan fingerprint density at radius 2 is 2.20 bits per heavy atom. The Hall–Kier alpha value is -2.84. The van der Waals surface area contributed by atoms with E-state index in [4.69, 9.17) is 4.74 Å². The van der Waals surface area contributed by atoms with Crippen LogP contribution in [-0.2, 0) is 6.54 Å². The second-order valence-corrected chi connectivity index (χ2v) is 6.39. The van der Waals surface area contributed by atoms with Gasteiger partial charge >= 0.3 is 0 Å². The first-order valence-electron chi connectivity index (χ1n) is 7.56. The highest BCUT2D eigenvalue weighted by molar-refractivity contribution is 7.12. The van der Waals surface area contributed by atoms with Crippen LogP contribution in [0.15, 0.2) is 49.2 Å². The van der Waals surface area contributed by atoms with E-state index in [0.29, 0.717) is 12.3 Å². The third-order valence-corrected chi connectivity index (χ3v) is 4.54. The number of pyridine rings is 1. The van der Waals surface area contributed by atoms with E-state index in [9.17, 15) is 9.90 Å². The van der Waals surface area contributed by atoms with Crippen LogP contribution in [0.1, 0.15) is 33.1 Å². The Bertz CT molecular complexity index is 852. The van der Waals surface area contributed by atoms with Crippen LogP contribution in [0.5, 0.6) is 11.6 Å². The lowest BCUT2D eigenvalue weighted by Gasteiger charge is -2.09. The molecule has 3 aromatic heterocycles. The molecular formula is C17H16N4O3S. The molecule has 3 aromatic rings. The SMILES string of the molecule is CC(O)c1ccc(CNC(=O)c2cncnc2Oc2cccnc2)s1. The standard InChI is InChI=1S/C17H16N4O3S/c1-11(22)15-5-4-13(25-15)8-20-16(23)14-9-19-10-21-17(14)24-12-3-2-6-18-7-12/h2-7,9-11,22H,8H2,1H3,(H,20,23). The van der Waals surface area contributed by atoms with Crippen LogP contribution >= 0.6 is 11.3 Å². The molecule has 2 N–H and O–H groups in total. The van der Waals surface area contributed by atoms with Gasteiger partial charge in [-0.15, -0.1) is 11.3 Å². The summed E-state index contributed by atoms with van der Waals surface area (Å²) in [6, 6.07) is 7.17. The number of thiophene rings is 1. The average Bonchev–Trinajstić information content (AvgIpc) is 3.10. The molecule has 0 aliphatic carbocycles. The minimum atomic E-state index is -0.517. The van der Waals surface area contributed by atoms with Gasteiger partial charge in [0.2, 0.25) is 5.88 Å². The number of aliphatic hydroxyl groups excluding tert-OH is 1. The Kier molecular flexibility index (Phi) is 5.32. The van der Waals surface area contributed by atoms with Crippen LogP contribution in [0.25, 0.3) is 0 Å². The maximum atomic E-state index is 12.4. The number of aromatic nitrogens is 3. The van der Waals surface area contributed by atoms with Crippen molar-refractivity contribution in [3.05, 3.63) is 64.5 Å². The quantitative estimate of drug-likeness (QED) is 0.705. The lowest BCUT2D eigenvalue weighted by atomic mass is 10.3. The van der Waals surface area contributed by atoms with E-state index in [2.05, 4.69) is 20.3 Å². The summed E-state index contributed by atoms with van der Waals surface area (Å²) in [6.07, 6.45) is 5.37. The van der Waals surface area contributed by atoms with Crippen LogP contribution in [0.2, 0.25) is 0 Å². The van der Waals surface area contributed by atoms with Crippen molar-refractivity contribution in [2.24, 2.45) is 0 Å². The van der Waals surface area contributed by atoms with Crippen molar-refractivity contribution in [1.82, 2.24) is 20.3 Å². The van der Waals surface area contributed by atoms with Crippen LogP contribution in [-0.4, -0.2) is 26.0 Å². The zero-order valence-corrected chi connectivity index (χ0v) is 14.2. The molecule has 0 saturated heterocycles. The summed E-state index contributed by atoms with van der Waals surface area (Å²) in [5.74, 6) is 0.304. The number of aliphatic hydroxyl groups is 1. The van der Waals surface area contributed by atoms with Crippen LogP contribution in [0.3, 0.4) is 0 Å². The fourth-order valence-electron chi connectivity index (χ4n) is 2.05. The largest absolute Gasteiger partial charge is 0.436 e. The first-order valence-corrected chi connectivity index (χ1v) is 8.38. The van der Waals surface area contributed by atoms with E-state index >= 15 is 0 Å². The van der Waals surface area contributed by atoms with Crippen molar-refractivity contribution in [2.45, 2.75) is 19.6 Å². The summed E-state index contributed by atoms with van der Waals surface area (Å²) in [7, 11) is 0. The number of nitrogens with one attached hydrogen (secondary N) is 1. The van der Waals surface area contributed by atoms with Gasteiger partial charge in [0.1, 0.15) is 17.6 Å². The zero-order valence-electron chi connectivity index (χ0n) is 13.4. The maximum absolute atomic E-state index is 12.4. The molecule has 0 aromatic carbocycles. The minimum Gasteiger partial charge on any atom is -0.436 e. The van der Waals surface area contributed by atoms with Gasteiger partial charge in [-0.3, -0.25) is 9.78 Å². The summed E-state index contributed by atoms with van der Waals surface area (Å²) in [6.45, 7) is 2.05. The van der Waals surface area contributed by atoms with Crippen LogP contribution in [0.4, 0.5) is 0 Å². The Morgan fingerprint density at radius 1 is 1.32 bits per heavy atom. The molecule has 0 fully saturated rings. The molecule has 0 saturated carbocycles. The zero-order chi connectivity index (χ0) is 17.6. The van der Waals surface area contributed by atoms with Crippen LogP contribution in [0, 0.1) is 0 Å². The molecular weight excluding hydrogens is 340 g/mol. The van der Waals surface area contributed by atoms with Gasteiger partial charge in [-0.25, -0.2) is 9.97 Å². The van der Waals surface area contributed by atoms with Crippen molar-refractivity contribution in [3.8, 4) is 11.6 Å². The van der Waals surface area contributed by atoms with Crippen molar-refractivity contribution < 1.29 is 14.6 Å². The predicted molar refractivity (Wildman–Crippen MR) is 92.5 cm³/mol. The van der Waals surface area contributed by atoms with Crippen molar-refractivity contribution in [3.63, 3.8) is 0 Å². The molecule has 25 heavy (non-hydrogen) atoms. The highest BCUT2D eigenvalue weighted by Gasteiger charge is 2.15. The summed E-state index contributed by atoms with van der Waals surface area (Å²) in [4.78, 5) is 26.1. The molecule has 8 heteroatoms. The summed E-state index contributed by atoms with van der Waals surface area (Å²) in [5, 5.41) is 12.4. The van der Waals surface area contributed by atoms with Gasteiger partial charge in [0, 0.05) is 22.1 Å². The van der Waals surface area contributed by atoms with Crippen molar-refractivity contribution in [2.75, 3.05) is 0 Å². The van der Waals surface area contributed by atoms with E-state index in [1.807, 2.05) is 12.1 Å². The molecule has 1 amide bonds. The molecule has 3 rings (SSSR count). The van der Waals surface area contributed by atoms with Gasteiger partial charge in [-0.2, -0.15) is 0 Å². The Labute approximate surface area is 148 Å². The normalized spacial score (nSPS) is 11.8.